The number of amides is 1. The Morgan fingerprint density at radius 1 is 1.21 bits per heavy atom. The fourth-order valence-corrected chi connectivity index (χ4v) is 3.93. The monoisotopic (exact) mass is 384 g/mol. The van der Waals surface area contributed by atoms with Gasteiger partial charge in [-0.3, -0.25) is 9.69 Å². The van der Waals surface area contributed by atoms with E-state index in [2.05, 4.69) is 10.2 Å². The lowest BCUT2D eigenvalue weighted by Gasteiger charge is -2.26. The summed E-state index contributed by atoms with van der Waals surface area (Å²) in [6, 6.07) is 11.3. The van der Waals surface area contributed by atoms with E-state index in [0.29, 0.717) is 24.5 Å². The number of hydrogen-bond donors (Lipinski definition) is 1. The van der Waals surface area contributed by atoms with E-state index in [9.17, 15) is 4.79 Å². The van der Waals surface area contributed by atoms with Gasteiger partial charge in [-0.1, -0.05) is 6.07 Å². The maximum atomic E-state index is 12.7. The van der Waals surface area contributed by atoms with Crippen molar-refractivity contribution in [3.05, 3.63) is 54.0 Å². The first kappa shape index (κ1) is 19.0. The number of furan rings is 1. The molecule has 2 saturated heterocycles. The van der Waals surface area contributed by atoms with Crippen LogP contribution in [0.1, 0.15) is 47.8 Å². The zero-order valence-corrected chi connectivity index (χ0v) is 16.1. The smallest absolute Gasteiger partial charge is 0.251 e. The van der Waals surface area contributed by atoms with Crippen LogP contribution in [0.2, 0.25) is 0 Å². The van der Waals surface area contributed by atoms with Gasteiger partial charge >= 0.3 is 0 Å². The van der Waals surface area contributed by atoms with Crippen LogP contribution in [-0.4, -0.2) is 49.8 Å². The van der Waals surface area contributed by atoms with E-state index in [-0.39, 0.29) is 18.1 Å². The molecule has 6 nitrogen and oxygen atoms in total. The van der Waals surface area contributed by atoms with Gasteiger partial charge in [0, 0.05) is 18.7 Å². The molecular weight excluding hydrogens is 356 g/mol. The van der Waals surface area contributed by atoms with E-state index in [0.717, 1.165) is 38.3 Å². The fraction of sp³-hybridized carbons (Fsp3) is 0.500. The van der Waals surface area contributed by atoms with Gasteiger partial charge in [0.1, 0.15) is 18.1 Å². The second-order valence-electron chi connectivity index (χ2n) is 7.46. The highest BCUT2D eigenvalue weighted by Crippen LogP contribution is 2.25. The van der Waals surface area contributed by atoms with Crippen molar-refractivity contribution >= 4 is 5.91 Å². The van der Waals surface area contributed by atoms with Crippen LogP contribution in [0.3, 0.4) is 0 Å². The van der Waals surface area contributed by atoms with Crippen LogP contribution in [0.25, 0.3) is 0 Å². The molecule has 1 aromatic carbocycles. The van der Waals surface area contributed by atoms with Crippen molar-refractivity contribution in [2.24, 2.45) is 0 Å². The maximum Gasteiger partial charge on any atom is 0.251 e. The van der Waals surface area contributed by atoms with Crippen molar-refractivity contribution in [2.45, 2.75) is 37.8 Å². The Hall–Kier alpha value is -2.31. The van der Waals surface area contributed by atoms with Crippen LogP contribution in [0.5, 0.6) is 5.75 Å². The van der Waals surface area contributed by atoms with Crippen molar-refractivity contribution in [3.8, 4) is 5.75 Å². The molecule has 0 bridgehead atoms. The summed E-state index contributed by atoms with van der Waals surface area (Å²) in [4.78, 5) is 15.1. The number of nitrogens with one attached hydrogen (secondary N) is 1. The van der Waals surface area contributed by atoms with Crippen molar-refractivity contribution in [1.29, 1.82) is 0 Å². The van der Waals surface area contributed by atoms with Crippen molar-refractivity contribution < 1.29 is 18.7 Å². The summed E-state index contributed by atoms with van der Waals surface area (Å²) < 4.78 is 17.0. The standard InChI is InChI=1S/C22H28N2O4/c25-22(17-6-3-7-18(14-17)28-16-19-8-4-12-26-19)23-15-20(21-9-5-13-27-21)24-10-1-2-11-24/h3,5-7,9,13-14,19-20H,1-2,4,8,10-12,15-16H2,(H,23,25)/t19-,20+/m0/s1. The molecule has 28 heavy (non-hydrogen) atoms. The molecule has 0 saturated carbocycles. The van der Waals surface area contributed by atoms with Crippen LogP contribution in [0.15, 0.2) is 47.1 Å². The first-order chi connectivity index (χ1) is 13.8. The molecule has 1 N–H and O–H groups in total. The minimum Gasteiger partial charge on any atom is -0.491 e. The molecule has 0 radical (unpaired) electrons. The summed E-state index contributed by atoms with van der Waals surface area (Å²) in [5.74, 6) is 1.50. The van der Waals surface area contributed by atoms with E-state index < -0.39 is 0 Å². The zero-order chi connectivity index (χ0) is 19.2. The van der Waals surface area contributed by atoms with E-state index in [1.165, 1.54) is 12.8 Å². The maximum absolute atomic E-state index is 12.7. The normalized spacial score (nSPS) is 20.9. The number of hydrogen-bond acceptors (Lipinski definition) is 5. The third-order valence-electron chi connectivity index (χ3n) is 5.47. The first-order valence-electron chi connectivity index (χ1n) is 10.2. The average Bonchev–Trinajstić information content (AvgIpc) is 3.50. The Kier molecular flexibility index (Phi) is 6.29. The van der Waals surface area contributed by atoms with E-state index >= 15 is 0 Å². The van der Waals surface area contributed by atoms with Gasteiger partial charge in [-0.25, -0.2) is 0 Å². The summed E-state index contributed by atoms with van der Waals surface area (Å²) in [7, 11) is 0. The second-order valence-corrected chi connectivity index (χ2v) is 7.46. The van der Waals surface area contributed by atoms with E-state index in [1.807, 2.05) is 30.3 Å². The van der Waals surface area contributed by atoms with Gasteiger partial charge in [-0.15, -0.1) is 0 Å². The lowest BCUT2D eigenvalue weighted by molar-refractivity contribution is 0.0679. The van der Waals surface area contributed by atoms with Gasteiger partial charge in [0.05, 0.1) is 18.4 Å². The lowest BCUT2D eigenvalue weighted by atomic mass is 10.1. The van der Waals surface area contributed by atoms with Crippen LogP contribution < -0.4 is 10.1 Å². The molecule has 1 aromatic heterocycles. The van der Waals surface area contributed by atoms with Gasteiger partial charge in [-0.2, -0.15) is 0 Å². The quantitative estimate of drug-likeness (QED) is 0.756. The fourth-order valence-electron chi connectivity index (χ4n) is 3.93. The Morgan fingerprint density at radius 3 is 2.86 bits per heavy atom. The molecular formula is C22H28N2O4. The van der Waals surface area contributed by atoms with Gasteiger partial charge in [-0.05, 0) is 69.1 Å². The molecule has 2 atom stereocenters. The highest BCUT2D eigenvalue weighted by Gasteiger charge is 2.26. The van der Waals surface area contributed by atoms with E-state index in [1.54, 1.807) is 12.3 Å². The average molecular weight is 384 g/mol. The number of carbonyl (C=O) groups is 1. The molecule has 1 amide bonds. The largest absolute Gasteiger partial charge is 0.491 e. The highest BCUT2D eigenvalue weighted by molar-refractivity contribution is 5.94. The molecule has 3 heterocycles. The van der Waals surface area contributed by atoms with Crippen LogP contribution in [-0.2, 0) is 4.74 Å². The van der Waals surface area contributed by atoms with Gasteiger partial charge < -0.3 is 19.2 Å². The minimum absolute atomic E-state index is 0.0698. The predicted molar refractivity (Wildman–Crippen MR) is 106 cm³/mol. The minimum atomic E-state index is -0.0988. The highest BCUT2D eigenvalue weighted by atomic mass is 16.5. The number of likely N-dealkylation sites (tertiary alicyclic amines) is 1. The number of benzene rings is 1. The Labute approximate surface area is 165 Å². The molecule has 2 fully saturated rings. The van der Waals surface area contributed by atoms with Crippen LogP contribution in [0.4, 0.5) is 0 Å². The summed E-state index contributed by atoms with van der Waals surface area (Å²) in [6.45, 7) is 3.93. The van der Waals surface area contributed by atoms with Crippen molar-refractivity contribution in [1.82, 2.24) is 10.2 Å². The number of ether oxygens (including phenoxy) is 2. The first-order valence-corrected chi connectivity index (χ1v) is 10.2. The molecule has 6 heteroatoms. The van der Waals surface area contributed by atoms with Crippen molar-refractivity contribution in [3.63, 3.8) is 0 Å². The molecule has 2 aliphatic heterocycles. The zero-order valence-electron chi connectivity index (χ0n) is 16.1. The number of carbonyl (C=O) groups excluding carboxylic acids is 1. The summed E-state index contributed by atoms with van der Waals surface area (Å²) >= 11 is 0. The van der Waals surface area contributed by atoms with Crippen LogP contribution in [0, 0.1) is 0 Å². The molecule has 0 aliphatic carbocycles. The van der Waals surface area contributed by atoms with E-state index in [4.69, 9.17) is 13.9 Å². The lowest BCUT2D eigenvalue weighted by Crippen LogP contribution is -2.36. The molecule has 0 unspecified atom stereocenters. The Morgan fingerprint density at radius 2 is 2.11 bits per heavy atom. The van der Waals surface area contributed by atoms with Gasteiger partial charge in [0.25, 0.3) is 5.91 Å². The topological polar surface area (TPSA) is 63.9 Å². The third kappa shape index (κ3) is 4.75. The summed E-state index contributed by atoms with van der Waals surface area (Å²) in [6.07, 6.45) is 6.35. The van der Waals surface area contributed by atoms with Gasteiger partial charge in [0.2, 0.25) is 0 Å². The van der Waals surface area contributed by atoms with Crippen LogP contribution >= 0.6 is 0 Å². The molecule has 2 aromatic rings. The Bertz CT molecular complexity index is 750. The SMILES string of the molecule is O=C(NC[C@H](c1ccco1)N1CCCC1)c1cccc(OC[C@@H]2CCCO2)c1. The predicted octanol–water partition coefficient (Wildman–Crippen LogP) is 3.40. The third-order valence-corrected chi connectivity index (χ3v) is 5.47. The summed E-state index contributed by atoms with van der Waals surface area (Å²) in [5.41, 5.74) is 0.601. The second kappa shape index (κ2) is 9.26. The molecule has 150 valence electrons. The number of nitrogens with zero attached hydrogens (tertiary/aromatic N) is 1. The van der Waals surface area contributed by atoms with Gasteiger partial charge in [0.15, 0.2) is 0 Å². The van der Waals surface area contributed by atoms with Crippen molar-refractivity contribution in [2.75, 3.05) is 32.8 Å². The Balaban J connectivity index is 1.35. The molecule has 4 rings (SSSR count). The molecule has 2 aliphatic rings. The molecule has 0 spiro atoms. The summed E-state index contributed by atoms with van der Waals surface area (Å²) in [5, 5.41) is 3.07. The number of rotatable bonds is 8.